The normalized spacial score (nSPS) is 17.6. The quantitative estimate of drug-likeness (QED) is 0.856. The average Bonchev–Trinajstić information content (AvgIpc) is 3.27. The van der Waals surface area contributed by atoms with Gasteiger partial charge in [-0.1, -0.05) is 43.2 Å². The summed E-state index contributed by atoms with van der Waals surface area (Å²) in [7, 11) is 0. The molecule has 1 fully saturated rings. The van der Waals surface area contributed by atoms with Gasteiger partial charge in [0.25, 0.3) is 5.91 Å². The average molecular weight is 327 g/mol. The molecule has 0 aliphatic heterocycles. The minimum absolute atomic E-state index is 0.0186. The van der Waals surface area contributed by atoms with Gasteiger partial charge in [-0.15, -0.1) is 0 Å². The van der Waals surface area contributed by atoms with Crippen molar-refractivity contribution in [1.29, 1.82) is 0 Å². The van der Waals surface area contributed by atoms with Crippen molar-refractivity contribution in [3.63, 3.8) is 0 Å². The third kappa shape index (κ3) is 3.22. The van der Waals surface area contributed by atoms with E-state index in [1.54, 1.807) is 6.20 Å². The second-order valence-corrected chi connectivity index (χ2v) is 6.54. The van der Waals surface area contributed by atoms with Gasteiger partial charge in [0, 0.05) is 31.4 Å². The second kappa shape index (κ2) is 7.18. The van der Waals surface area contributed by atoms with Crippen LogP contribution in [0, 0.1) is 12.8 Å². The van der Waals surface area contributed by atoms with Gasteiger partial charge in [0.15, 0.2) is 5.60 Å². The summed E-state index contributed by atoms with van der Waals surface area (Å²) >= 11 is 0. The van der Waals surface area contributed by atoms with Gasteiger partial charge >= 0.3 is 0 Å². The topological polar surface area (TPSA) is 67.2 Å². The zero-order valence-corrected chi connectivity index (χ0v) is 14.1. The fraction of sp³-hybridized carbons (Fsp3) is 0.474. The van der Waals surface area contributed by atoms with E-state index >= 15 is 0 Å². The molecule has 1 atom stereocenters. The molecule has 3 rings (SSSR count). The van der Waals surface area contributed by atoms with Crippen LogP contribution in [0.15, 0.2) is 42.7 Å². The predicted octanol–water partition coefficient (Wildman–Crippen LogP) is 2.39. The fourth-order valence-corrected chi connectivity index (χ4v) is 3.65. The van der Waals surface area contributed by atoms with Crippen LogP contribution in [0.5, 0.6) is 0 Å². The number of aryl methyl sites for hydroxylation is 1. The maximum Gasteiger partial charge on any atom is 0.256 e. The van der Waals surface area contributed by atoms with Gasteiger partial charge in [0.1, 0.15) is 5.82 Å². The molecule has 0 bridgehead atoms. The van der Waals surface area contributed by atoms with Crippen LogP contribution < -0.4 is 5.32 Å². The van der Waals surface area contributed by atoms with Crippen molar-refractivity contribution < 1.29 is 9.90 Å². The lowest BCUT2D eigenvalue weighted by atomic mass is 9.79. The summed E-state index contributed by atoms with van der Waals surface area (Å²) < 4.78 is 1.98. The molecule has 0 radical (unpaired) electrons. The molecular weight excluding hydrogens is 302 g/mol. The van der Waals surface area contributed by atoms with Crippen LogP contribution in [-0.4, -0.2) is 27.1 Å². The fourth-order valence-electron chi connectivity index (χ4n) is 3.65. The molecule has 128 valence electrons. The Morgan fingerprint density at radius 2 is 2.04 bits per heavy atom. The highest BCUT2D eigenvalue weighted by Gasteiger charge is 2.46. The molecule has 24 heavy (non-hydrogen) atoms. The molecule has 1 aromatic heterocycles. The summed E-state index contributed by atoms with van der Waals surface area (Å²) in [6.45, 7) is 3.05. The lowest BCUT2D eigenvalue weighted by molar-refractivity contribution is -0.147. The summed E-state index contributed by atoms with van der Waals surface area (Å²) in [5.41, 5.74) is -0.755. The molecule has 2 aromatic rings. The molecule has 1 aromatic carbocycles. The Balaban J connectivity index is 1.73. The summed E-state index contributed by atoms with van der Waals surface area (Å²) in [4.78, 5) is 17.1. The van der Waals surface area contributed by atoms with E-state index in [0.717, 1.165) is 31.5 Å². The van der Waals surface area contributed by atoms with E-state index in [0.29, 0.717) is 18.7 Å². The number of carbonyl (C=O) groups is 1. The highest BCUT2D eigenvalue weighted by atomic mass is 16.3. The molecule has 2 N–H and O–H groups in total. The first-order chi connectivity index (χ1) is 11.6. The molecule has 1 aliphatic carbocycles. The molecule has 5 heteroatoms. The number of hydrogen-bond donors (Lipinski definition) is 2. The van der Waals surface area contributed by atoms with Crippen LogP contribution in [-0.2, 0) is 16.9 Å². The maximum absolute atomic E-state index is 12.9. The predicted molar refractivity (Wildman–Crippen MR) is 92.3 cm³/mol. The molecule has 1 saturated carbocycles. The SMILES string of the molecule is Cc1nccn1CCNC(=O)C(O)(c1ccccc1)C1CCCC1. The number of aromatic nitrogens is 2. The van der Waals surface area contributed by atoms with Crippen molar-refractivity contribution in [3.05, 3.63) is 54.1 Å². The Morgan fingerprint density at radius 3 is 2.67 bits per heavy atom. The van der Waals surface area contributed by atoms with Gasteiger partial charge in [-0.3, -0.25) is 4.79 Å². The number of nitrogens with zero attached hydrogens (tertiary/aromatic N) is 2. The van der Waals surface area contributed by atoms with E-state index in [9.17, 15) is 9.90 Å². The van der Waals surface area contributed by atoms with Gasteiger partial charge in [-0.05, 0) is 25.3 Å². The zero-order valence-electron chi connectivity index (χ0n) is 14.1. The van der Waals surface area contributed by atoms with Gasteiger partial charge in [0.2, 0.25) is 0 Å². The standard InChI is InChI=1S/C19H25N3O2/c1-15-20-11-13-22(15)14-12-21-18(23)19(24,17-9-5-6-10-17)16-7-3-2-4-8-16/h2-4,7-8,11,13,17,24H,5-6,9-10,12,14H2,1H3,(H,21,23). The lowest BCUT2D eigenvalue weighted by Gasteiger charge is -2.33. The Morgan fingerprint density at radius 1 is 1.33 bits per heavy atom. The third-order valence-corrected chi connectivity index (χ3v) is 5.07. The Bertz CT molecular complexity index is 677. The molecule has 1 heterocycles. The molecule has 5 nitrogen and oxygen atoms in total. The lowest BCUT2D eigenvalue weighted by Crippen LogP contribution is -2.49. The second-order valence-electron chi connectivity index (χ2n) is 6.54. The number of imidazole rings is 1. The van der Waals surface area contributed by atoms with E-state index in [1.165, 1.54) is 0 Å². The third-order valence-electron chi connectivity index (χ3n) is 5.07. The van der Waals surface area contributed by atoms with Crippen molar-refractivity contribution in [1.82, 2.24) is 14.9 Å². The van der Waals surface area contributed by atoms with Crippen LogP contribution in [0.4, 0.5) is 0 Å². The first kappa shape index (κ1) is 16.7. The van der Waals surface area contributed by atoms with Crippen molar-refractivity contribution in [2.45, 2.75) is 44.8 Å². The summed E-state index contributed by atoms with van der Waals surface area (Å²) in [5, 5.41) is 14.3. The number of nitrogens with one attached hydrogen (secondary N) is 1. The Hall–Kier alpha value is -2.14. The van der Waals surface area contributed by atoms with E-state index in [1.807, 2.05) is 48.0 Å². The summed E-state index contributed by atoms with van der Waals surface area (Å²) in [6.07, 6.45) is 7.55. The van der Waals surface area contributed by atoms with E-state index in [-0.39, 0.29) is 11.8 Å². The summed E-state index contributed by atoms with van der Waals surface area (Å²) in [5.74, 6) is 0.603. The minimum atomic E-state index is -1.44. The Kier molecular flexibility index (Phi) is 5.00. The van der Waals surface area contributed by atoms with Crippen LogP contribution >= 0.6 is 0 Å². The molecular formula is C19H25N3O2. The number of aliphatic hydroxyl groups is 1. The van der Waals surface area contributed by atoms with Gasteiger partial charge < -0.3 is 15.0 Å². The first-order valence-corrected chi connectivity index (χ1v) is 8.66. The maximum atomic E-state index is 12.9. The molecule has 0 saturated heterocycles. The highest BCUT2D eigenvalue weighted by Crippen LogP contribution is 2.40. The minimum Gasteiger partial charge on any atom is -0.375 e. The largest absolute Gasteiger partial charge is 0.375 e. The number of amides is 1. The number of benzene rings is 1. The van der Waals surface area contributed by atoms with E-state index < -0.39 is 5.60 Å². The smallest absolute Gasteiger partial charge is 0.256 e. The molecule has 0 spiro atoms. The number of carbonyl (C=O) groups excluding carboxylic acids is 1. The summed E-state index contributed by atoms with van der Waals surface area (Å²) in [6, 6.07) is 9.34. The molecule has 1 unspecified atom stereocenters. The van der Waals surface area contributed by atoms with Crippen LogP contribution in [0.2, 0.25) is 0 Å². The van der Waals surface area contributed by atoms with Crippen molar-refractivity contribution in [3.8, 4) is 0 Å². The van der Waals surface area contributed by atoms with Gasteiger partial charge in [-0.25, -0.2) is 4.98 Å². The van der Waals surface area contributed by atoms with Crippen molar-refractivity contribution in [2.24, 2.45) is 5.92 Å². The van der Waals surface area contributed by atoms with Crippen LogP contribution in [0.3, 0.4) is 0 Å². The molecule has 1 aliphatic rings. The van der Waals surface area contributed by atoms with Crippen molar-refractivity contribution >= 4 is 5.91 Å². The number of rotatable bonds is 6. The zero-order chi connectivity index (χ0) is 17.0. The van der Waals surface area contributed by atoms with E-state index in [2.05, 4.69) is 10.3 Å². The van der Waals surface area contributed by atoms with Crippen molar-refractivity contribution in [2.75, 3.05) is 6.54 Å². The molecule has 1 amide bonds. The highest BCUT2D eigenvalue weighted by molar-refractivity contribution is 5.86. The monoisotopic (exact) mass is 327 g/mol. The first-order valence-electron chi connectivity index (χ1n) is 8.66. The van der Waals surface area contributed by atoms with Crippen LogP contribution in [0.25, 0.3) is 0 Å². The number of hydrogen-bond acceptors (Lipinski definition) is 3. The van der Waals surface area contributed by atoms with E-state index in [4.69, 9.17) is 0 Å². The Labute approximate surface area is 142 Å². The van der Waals surface area contributed by atoms with Gasteiger partial charge in [0.05, 0.1) is 0 Å². The van der Waals surface area contributed by atoms with Gasteiger partial charge in [-0.2, -0.15) is 0 Å². The van der Waals surface area contributed by atoms with Crippen LogP contribution in [0.1, 0.15) is 37.1 Å².